The zero-order chi connectivity index (χ0) is 27.2. The van der Waals surface area contributed by atoms with E-state index in [2.05, 4.69) is 30.3 Å². The Morgan fingerprint density at radius 2 is 2.03 bits per heavy atom. The van der Waals surface area contributed by atoms with E-state index in [1.807, 2.05) is 6.07 Å². The van der Waals surface area contributed by atoms with Crippen molar-refractivity contribution < 1.29 is 27.3 Å². The highest BCUT2D eigenvalue weighted by Gasteiger charge is 2.62. The zero-order valence-corrected chi connectivity index (χ0v) is 21.1. The average Bonchev–Trinajstić information content (AvgIpc) is 2.83. The summed E-state index contributed by atoms with van der Waals surface area (Å²) in [5, 5.41) is 22.0. The van der Waals surface area contributed by atoms with Crippen LogP contribution in [0, 0.1) is 17.1 Å². The van der Waals surface area contributed by atoms with E-state index < -0.39 is 56.5 Å². The van der Waals surface area contributed by atoms with Crippen molar-refractivity contribution in [2.24, 2.45) is 4.99 Å². The second-order valence-corrected chi connectivity index (χ2v) is 13.1. The molecule has 37 heavy (non-hydrogen) atoms. The molecule has 4 rings (SSSR count). The maximum atomic E-state index is 15.3. The number of nitrogens with one attached hydrogen (secondary N) is 3. The van der Waals surface area contributed by atoms with Crippen LogP contribution >= 0.6 is 0 Å². The summed E-state index contributed by atoms with van der Waals surface area (Å²) in [5.74, 6) is -4.19. The molecular weight excluding hydrogens is 511 g/mol. The molecule has 2 aliphatic heterocycles. The van der Waals surface area contributed by atoms with Gasteiger partial charge in [-0.15, -0.1) is 0 Å². The SMILES string of the molecule is CC1(C)C(NC(=O)O)=N[C@](C)(c2nc(NCc3ccc(C#N)cn3)ccc2F)[C@H]2CC(F)(F)CN[SH]21=O. The lowest BCUT2D eigenvalue weighted by Gasteiger charge is -2.57. The number of anilines is 1. The van der Waals surface area contributed by atoms with Gasteiger partial charge in [-0.25, -0.2) is 22.9 Å². The molecule has 0 spiro atoms. The van der Waals surface area contributed by atoms with Crippen molar-refractivity contribution in [3.63, 3.8) is 0 Å². The van der Waals surface area contributed by atoms with Crippen molar-refractivity contribution in [1.82, 2.24) is 20.0 Å². The first-order chi connectivity index (χ1) is 17.2. The van der Waals surface area contributed by atoms with Crippen LogP contribution in [-0.4, -0.2) is 53.7 Å². The first kappa shape index (κ1) is 26.5. The van der Waals surface area contributed by atoms with Crippen LogP contribution in [0.4, 0.5) is 23.8 Å². The number of amidine groups is 1. The predicted octanol–water partition coefficient (Wildman–Crippen LogP) is 2.70. The molecule has 1 saturated heterocycles. The maximum Gasteiger partial charge on any atom is 0.410 e. The molecule has 0 bridgehead atoms. The quantitative estimate of drug-likeness (QED) is 0.376. The first-order valence-electron chi connectivity index (χ1n) is 11.3. The van der Waals surface area contributed by atoms with Crippen molar-refractivity contribution >= 4 is 27.9 Å². The molecule has 2 aliphatic rings. The number of halogens is 3. The third kappa shape index (κ3) is 4.64. The van der Waals surface area contributed by atoms with Crippen molar-refractivity contribution in [1.29, 1.82) is 5.26 Å². The monoisotopic (exact) mass is 537 g/mol. The summed E-state index contributed by atoms with van der Waals surface area (Å²) < 4.78 is 59.9. The Balaban J connectivity index is 1.79. The van der Waals surface area contributed by atoms with Gasteiger partial charge >= 0.3 is 6.09 Å². The number of pyridine rings is 2. The van der Waals surface area contributed by atoms with E-state index >= 15 is 4.39 Å². The fourth-order valence-electron chi connectivity index (χ4n) is 4.73. The average molecular weight is 538 g/mol. The minimum Gasteiger partial charge on any atom is -0.465 e. The Morgan fingerprint density at radius 1 is 1.30 bits per heavy atom. The van der Waals surface area contributed by atoms with Gasteiger partial charge in [0.15, 0.2) is 0 Å². The van der Waals surface area contributed by atoms with Crippen LogP contribution in [0.5, 0.6) is 0 Å². The van der Waals surface area contributed by atoms with Gasteiger partial charge in [0.25, 0.3) is 5.92 Å². The molecule has 14 heteroatoms. The van der Waals surface area contributed by atoms with E-state index in [1.54, 1.807) is 12.1 Å². The predicted molar refractivity (Wildman–Crippen MR) is 131 cm³/mol. The summed E-state index contributed by atoms with van der Waals surface area (Å²) in [7, 11) is -3.86. The smallest absolute Gasteiger partial charge is 0.410 e. The third-order valence-corrected chi connectivity index (χ3v) is 10.9. The highest BCUT2D eigenvalue weighted by Crippen LogP contribution is 2.50. The van der Waals surface area contributed by atoms with Crippen LogP contribution in [0.1, 0.15) is 44.1 Å². The lowest BCUT2D eigenvalue weighted by Crippen LogP contribution is -2.73. The summed E-state index contributed by atoms with van der Waals surface area (Å²) in [5.41, 5.74) is -1.31. The van der Waals surface area contributed by atoms with E-state index in [0.29, 0.717) is 11.3 Å². The molecule has 0 unspecified atom stereocenters. The largest absolute Gasteiger partial charge is 0.465 e. The molecule has 1 amide bonds. The Morgan fingerprint density at radius 3 is 2.65 bits per heavy atom. The molecule has 2 aromatic rings. The molecule has 0 aliphatic carbocycles. The Kier molecular flexibility index (Phi) is 6.49. The number of nitrogens with zero attached hydrogens (tertiary/aromatic N) is 4. The van der Waals surface area contributed by atoms with Crippen LogP contribution in [-0.2, 0) is 22.2 Å². The van der Waals surface area contributed by atoms with Crippen LogP contribution in [0.3, 0.4) is 0 Å². The molecule has 1 fully saturated rings. The highest BCUT2D eigenvalue weighted by atomic mass is 32.3. The van der Waals surface area contributed by atoms with Gasteiger partial charge in [0.1, 0.15) is 34.8 Å². The lowest BCUT2D eigenvalue weighted by atomic mass is 9.88. The number of amides is 1. The normalized spacial score (nSPS) is 26.1. The number of thiol groups is 1. The van der Waals surface area contributed by atoms with E-state index in [-0.39, 0.29) is 23.9 Å². The standard InChI is InChI=1S/C23H26F3N7O3S/c1-21(2)19(32-20(34)35)33-22(3,16-8-23(25,26)12-30-37(16,21)36)18-15(24)6-7-17(31-18)29-11-14-5-4-13(9-27)10-28-14/h4-7,10,16,37H,8,11-12H2,1-3H3,(H,29,31)(H,30,36)(H,32,33)(H,34,35)/t16-,22+/m1/s1. The van der Waals surface area contributed by atoms with Crippen LogP contribution in [0.15, 0.2) is 35.5 Å². The molecule has 2 atom stereocenters. The first-order valence-corrected chi connectivity index (χ1v) is 13.1. The van der Waals surface area contributed by atoms with Gasteiger partial charge in [0.2, 0.25) is 0 Å². The maximum absolute atomic E-state index is 15.3. The van der Waals surface area contributed by atoms with E-state index in [0.717, 1.165) is 6.07 Å². The van der Waals surface area contributed by atoms with Crippen molar-refractivity contribution in [2.75, 3.05) is 11.9 Å². The van der Waals surface area contributed by atoms with Crippen LogP contribution < -0.4 is 15.4 Å². The molecule has 198 valence electrons. The summed E-state index contributed by atoms with van der Waals surface area (Å²) in [6, 6.07) is 7.59. The Hall–Kier alpha value is -3.57. The van der Waals surface area contributed by atoms with E-state index in [1.165, 1.54) is 33.0 Å². The molecule has 4 heterocycles. The molecule has 2 aromatic heterocycles. The minimum atomic E-state index is -3.86. The zero-order valence-electron chi connectivity index (χ0n) is 20.2. The molecule has 0 radical (unpaired) electrons. The Labute approximate surface area is 212 Å². The van der Waals surface area contributed by atoms with Gasteiger partial charge in [-0.3, -0.25) is 24.2 Å². The number of hydrogen-bond donors (Lipinski definition) is 5. The summed E-state index contributed by atoms with van der Waals surface area (Å²) in [4.78, 5) is 24.4. The minimum absolute atomic E-state index is 0.157. The van der Waals surface area contributed by atoms with Gasteiger partial charge < -0.3 is 10.4 Å². The number of carboxylic acid groups (broad SMARTS) is 1. The third-order valence-electron chi connectivity index (χ3n) is 6.86. The number of hydrogen-bond acceptors (Lipinski definition) is 7. The molecule has 0 aromatic carbocycles. The van der Waals surface area contributed by atoms with Gasteiger partial charge in [-0.1, -0.05) is 0 Å². The van der Waals surface area contributed by atoms with Gasteiger partial charge in [0, 0.05) is 12.6 Å². The number of carbonyl (C=O) groups is 1. The van der Waals surface area contributed by atoms with Crippen LogP contribution in [0.25, 0.3) is 0 Å². The highest BCUT2D eigenvalue weighted by molar-refractivity contribution is 8.04. The summed E-state index contributed by atoms with van der Waals surface area (Å²) in [6.45, 7) is 3.54. The topological polar surface area (TPSA) is 152 Å². The Bertz CT molecular complexity index is 1360. The van der Waals surface area contributed by atoms with Crippen molar-refractivity contribution in [2.45, 2.75) is 55.2 Å². The van der Waals surface area contributed by atoms with Gasteiger partial charge in [-0.2, -0.15) is 5.26 Å². The summed E-state index contributed by atoms with van der Waals surface area (Å²) in [6.07, 6.45) is -0.944. The molecule has 10 nitrogen and oxygen atoms in total. The number of fused-ring (bicyclic) bond motifs is 1. The number of alkyl halides is 2. The molecular formula is C23H26F3N7O3S. The van der Waals surface area contributed by atoms with E-state index in [9.17, 15) is 22.9 Å². The second-order valence-electron chi connectivity index (χ2n) is 9.70. The van der Waals surface area contributed by atoms with Gasteiger partial charge in [0.05, 0.1) is 34.3 Å². The number of rotatable bonds is 4. The van der Waals surface area contributed by atoms with Crippen molar-refractivity contribution in [3.8, 4) is 6.07 Å². The molecule has 0 saturated carbocycles. The second kappa shape index (κ2) is 9.07. The number of aromatic nitrogens is 2. The lowest BCUT2D eigenvalue weighted by molar-refractivity contribution is -0.0139. The fraction of sp³-hybridized carbons (Fsp3) is 0.435. The number of nitriles is 1. The van der Waals surface area contributed by atoms with Crippen LogP contribution in [0.2, 0.25) is 0 Å². The number of aliphatic imine (C=N–C) groups is 1. The van der Waals surface area contributed by atoms with Gasteiger partial charge in [-0.05, 0) is 55.2 Å². The van der Waals surface area contributed by atoms with E-state index in [4.69, 9.17) is 5.26 Å². The molecule has 4 N–H and O–H groups in total. The van der Waals surface area contributed by atoms with Crippen molar-refractivity contribution in [3.05, 3.63) is 53.2 Å². The fourth-order valence-corrected chi connectivity index (χ4v) is 8.43. The summed E-state index contributed by atoms with van der Waals surface area (Å²) >= 11 is 0.